The lowest BCUT2D eigenvalue weighted by Gasteiger charge is -2.30. The van der Waals surface area contributed by atoms with Crippen LogP contribution in [0.15, 0.2) is 29.2 Å². The van der Waals surface area contributed by atoms with Crippen molar-refractivity contribution in [3.63, 3.8) is 0 Å². The molecule has 0 saturated carbocycles. The number of hydrogen-bond donors (Lipinski definition) is 1. The Morgan fingerprint density at radius 1 is 1.27 bits per heavy atom. The highest BCUT2D eigenvalue weighted by molar-refractivity contribution is 7.98. The largest absolute Gasteiger partial charge is 0.481 e. The second-order valence-electron chi connectivity index (χ2n) is 6.06. The fourth-order valence-electron chi connectivity index (χ4n) is 3.46. The van der Waals surface area contributed by atoms with Gasteiger partial charge in [-0.05, 0) is 63.3 Å². The summed E-state index contributed by atoms with van der Waals surface area (Å²) in [6, 6.07) is 8.65. The average Bonchev–Trinajstić information content (AvgIpc) is 2.80. The Balaban J connectivity index is 1.65. The number of thioether (sulfide) groups is 1. The van der Waals surface area contributed by atoms with Gasteiger partial charge >= 0.3 is 0 Å². The monoisotopic (exact) mass is 320 g/mol. The minimum absolute atomic E-state index is 0.130. The van der Waals surface area contributed by atoms with Crippen LogP contribution in [0.2, 0.25) is 0 Å². The van der Waals surface area contributed by atoms with Gasteiger partial charge in [0.2, 0.25) is 0 Å². The van der Waals surface area contributed by atoms with E-state index in [-0.39, 0.29) is 5.91 Å². The Bertz CT molecular complexity index is 506. The molecule has 1 N–H and O–H groups in total. The zero-order chi connectivity index (χ0) is 15.5. The minimum atomic E-state index is -0.429. The molecule has 3 atom stereocenters. The Kier molecular flexibility index (Phi) is 4.93. The van der Waals surface area contributed by atoms with Gasteiger partial charge in [0.1, 0.15) is 5.75 Å². The van der Waals surface area contributed by atoms with Crippen molar-refractivity contribution in [2.75, 3.05) is 19.3 Å². The highest BCUT2D eigenvalue weighted by atomic mass is 32.2. The summed E-state index contributed by atoms with van der Waals surface area (Å²) in [7, 11) is 0. The molecule has 120 valence electrons. The normalized spacial score (nSPS) is 25.6. The van der Waals surface area contributed by atoms with Crippen LogP contribution in [0.25, 0.3) is 0 Å². The fourth-order valence-corrected chi connectivity index (χ4v) is 3.87. The molecule has 2 aliphatic rings. The van der Waals surface area contributed by atoms with Crippen LogP contribution in [0.1, 0.15) is 26.2 Å². The maximum absolute atomic E-state index is 12.8. The molecule has 2 aliphatic heterocycles. The minimum Gasteiger partial charge on any atom is -0.481 e. The Hall–Kier alpha value is -1.20. The summed E-state index contributed by atoms with van der Waals surface area (Å²) in [6.45, 7) is 3.79. The van der Waals surface area contributed by atoms with E-state index < -0.39 is 6.10 Å². The smallest absolute Gasteiger partial charge is 0.263 e. The number of ether oxygens (including phenoxy) is 1. The molecule has 2 heterocycles. The van der Waals surface area contributed by atoms with Crippen LogP contribution < -0.4 is 10.1 Å². The maximum Gasteiger partial charge on any atom is 0.263 e. The molecule has 5 heteroatoms. The number of amides is 1. The zero-order valence-electron chi connectivity index (χ0n) is 13.2. The summed E-state index contributed by atoms with van der Waals surface area (Å²) < 4.78 is 5.87. The number of nitrogens with one attached hydrogen (secondary N) is 1. The van der Waals surface area contributed by atoms with Crippen LogP contribution in [0, 0.1) is 0 Å². The van der Waals surface area contributed by atoms with Crippen molar-refractivity contribution in [3.05, 3.63) is 24.3 Å². The standard InChI is InChI=1S/C17H24N2O2S/c1-12(21-15-5-7-16(22-2)8-6-15)17(20)19-13-3-4-14(19)11-18-10-9-13/h5-8,12-14,18H,3-4,9-11H2,1-2H3. The first-order chi connectivity index (χ1) is 10.7. The molecule has 2 saturated heterocycles. The molecule has 0 radical (unpaired) electrons. The number of carbonyl (C=O) groups is 1. The molecule has 1 aromatic carbocycles. The number of fused-ring (bicyclic) bond motifs is 2. The van der Waals surface area contributed by atoms with Crippen LogP contribution in [-0.2, 0) is 4.79 Å². The lowest BCUT2D eigenvalue weighted by Crippen LogP contribution is -2.48. The number of hydrogen-bond acceptors (Lipinski definition) is 4. The lowest BCUT2D eigenvalue weighted by atomic mass is 10.1. The van der Waals surface area contributed by atoms with Crippen molar-refractivity contribution in [3.8, 4) is 5.75 Å². The van der Waals surface area contributed by atoms with Gasteiger partial charge in [-0.15, -0.1) is 11.8 Å². The second-order valence-corrected chi connectivity index (χ2v) is 6.94. The van der Waals surface area contributed by atoms with Crippen molar-refractivity contribution >= 4 is 17.7 Å². The van der Waals surface area contributed by atoms with E-state index in [1.54, 1.807) is 11.8 Å². The number of carbonyl (C=O) groups excluding carboxylic acids is 1. The van der Waals surface area contributed by atoms with Crippen LogP contribution in [-0.4, -0.2) is 48.3 Å². The average molecular weight is 320 g/mol. The van der Waals surface area contributed by atoms with E-state index >= 15 is 0 Å². The van der Waals surface area contributed by atoms with E-state index in [4.69, 9.17) is 4.74 Å². The summed E-state index contributed by atoms with van der Waals surface area (Å²) in [5, 5.41) is 3.43. The van der Waals surface area contributed by atoms with Gasteiger partial charge in [0, 0.05) is 23.5 Å². The summed E-state index contributed by atoms with van der Waals surface area (Å²) in [5.41, 5.74) is 0. The van der Waals surface area contributed by atoms with Crippen molar-refractivity contribution in [2.45, 2.75) is 49.3 Å². The molecule has 22 heavy (non-hydrogen) atoms. The fraction of sp³-hybridized carbons (Fsp3) is 0.588. The molecule has 0 aliphatic carbocycles. The Morgan fingerprint density at radius 3 is 2.73 bits per heavy atom. The van der Waals surface area contributed by atoms with Crippen molar-refractivity contribution in [1.82, 2.24) is 10.2 Å². The van der Waals surface area contributed by atoms with Crippen molar-refractivity contribution in [2.24, 2.45) is 0 Å². The predicted molar refractivity (Wildman–Crippen MR) is 89.5 cm³/mol. The zero-order valence-corrected chi connectivity index (χ0v) is 14.1. The van der Waals surface area contributed by atoms with E-state index in [0.29, 0.717) is 12.1 Å². The molecular weight excluding hydrogens is 296 g/mol. The first-order valence-electron chi connectivity index (χ1n) is 8.02. The molecule has 3 rings (SSSR count). The number of benzene rings is 1. The van der Waals surface area contributed by atoms with E-state index in [0.717, 1.165) is 38.1 Å². The van der Waals surface area contributed by atoms with Gasteiger partial charge in [0.05, 0.1) is 0 Å². The molecule has 0 aromatic heterocycles. The Labute approximate surface area is 136 Å². The number of nitrogens with zero attached hydrogens (tertiary/aromatic N) is 1. The van der Waals surface area contributed by atoms with Crippen molar-refractivity contribution < 1.29 is 9.53 Å². The molecular formula is C17H24N2O2S. The quantitative estimate of drug-likeness (QED) is 0.866. The van der Waals surface area contributed by atoms with E-state index in [2.05, 4.69) is 10.2 Å². The van der Waals surface area contributed by atoms with Gasteiger partial charge in [-0.25, -0.2) is 0 Å². The first kappa shape index (κ1) is 15.7. The summed E-state index contributed by atoms with van der Waals surface area (Å²) in [6.07, 6.45) is 4.91. The summed E-state index contributed by atoms with van der Waals surface area (Å²) >= 11 is 1.70. The highest BCUT2D eigenvalue weighted by Crippen LogP contribution is 2.29. The molecule has 1 amide bonds. The van der Waals surface area contributed by atoms with Crippen LogP contribution in [0.3, 0.4) is 0 Å². The van der Waals surface area contributed by atoms with Crippen LogP contribution in [0.4, 0.5) is 0 Å². The SMILES string of the molecule is CSc1ccc(OC(C)C(=O)N2C3CCNCC2CC3)cc1. The number of rotatable bonds is 4. The van der Waals surface area contributed by atoms with E-state index in [1.165, 1.54) is 4.90 Å². The lowest BCUT2D eigenvalue weighted by molar-refractivity contribution is -0.140. The van der Waals surface area contributed by atoms with Gasteiger partial charge < -0.3 is 15.0 Å². The molecule has 4 nitrogen and oxygen atoms in total. The summed E-state index contributed by atoms with van der Waals surface area (Å²) in [4.78, 5) is 16.1. The molecule has 2 bridgehead atoms. The highest BCUT2D eigenvalue weighted by Gasteiger charge is 2.40. The van der Waals surface area contributed by atoms with Gasteiger partial charge in [-0.2, -0.15) is 0 Å². The Morgan fingerprint density at radius 2 is 2.00 bits per heavy atom. The van der Waals surface area contributed by atoms with Crippen LogP contribution >= 0.6 is 11.8 Å². The predicted octanol–water partition coefficient (Wildman–Crippen LogP) is 2.53. The second kappa shape index (κ2) is 6.92. The van der Waals surface area contributed by atoms with Crippen LogP contribution in [0.5, 0.6) is 5.75 Å². The third-order valence-electron chi connectivity index (χ3n) is 4.63. The van der Waals surface area contributed by atoms with Gasteiger partial charge in [0.25, 0.3) is 5.91 Å². The van der Waals surface area contributed by atoms with Gasteiger partial charge in [0.15, 0.2) is 6.10 Å². The van der Waals surface area contributed by atoms with Gasteiger partial charge in [-0.1, -0.05) is 0 Å². The molecule has 2 fully saturated rings. The third-order valence-corrected chi connectivity index (χ3v) is 5.37. The molecule has 3 unspecified atom stereocenters. The maximum atomic E-state index is 12.8. The molecule has 0 spiro atoms. The molecule has 1 aromatic rings. The third kappa shape index (κ3) is 3.25. The van der Waals surface area contributed by atoms with Crippen molar-refractivity contribution in [1.29, 1.82) is 0 Å². The van der Waals surface area contributed by atoms with Gasteiger partial charge in [-0.3, -0.25) is 4.79 Å². The topological polar surface area (TPSA) is 41.6 Å². The van der Waals surface area contributed by atoms with E-state index in [1.807, 2.05) is 37.4 Å². The summed E-state index contributed by atoms with van der Waals surface area (Å²) in [5.74, 6) is 0.893. The first-order valence-corrected chi connectivity index (χ1v) is 9.25. The van der Waals surface area contributed by atoms with E-state index in [9.17, 15) is 4.79 Å².